The van der Waals surface area contributed by atoms with Crippen LogP contribution >= 0.6 is 0 Å². The highest BCUT2D eigenvalue weighted by Gasteiger charge is 2.45. The van der Waals surface area contributed by atoms with Gasteiger partial charge >= 0.3 is 0 Å². The van der Waals surface area contributed by atoms with Crippen molar-refractivity contribution < 1.29 is 19.3 Å². The van der Waals surface area contributed by atoms with Gasteiger partial charge in [0.1, 0.15) is 22.8 Å². The second-order valence-corrected chi connectivity index (χ2v) is 12.9. The molecular weight excluding hydrogens is 592 g/mol. The van der Waals surface area contributed by atoms with Crippen molar-refractivity contribution in [3.8, 4) is 39.5 Å². The zero-order valence-corrected chi connectivity index (χ0v) is 27.5. The molecule has 238 valence electrons. The average molecular weight is 631 g/mol. The van der Waals surface area contributed by atoms with E-state index >= 15 is 0 Å². The normalized spacial score (nSPS) is 18.9. The predicted molar refractivity (Wildman–Crippen MR) is 194 cm³/mol. The van der Waals surface area contributed by atoms with E-state index in [-0.39, 0.29) is 0 Å². The minimum atomic E-state index is -1.24. The van der Waals surface area contributed by atoms with Gasteiger partial charge in [0.15, 0.2) is 5.60 Å². The maximum absolute atomic E-state index is 12.5. The number of unbranched alkanes of at least 4 members (excludes halogenated alkanes) is 1. The summed E-state index contributed by atoms with van der Waals surface area (Å²) in [4.78, 5) is 0. The molecule has 48 heavy (non-hydrogen) atoms. The van der Waals surface area contributed by atoms with Crippen LogP contribution in [-0.2, 0) is 11.2 Å². The molecule has 0 aromatic heterocycles. The molecule has 0 amide bonds. The third-order valence-corrected chi connectivity index (χ3v) is 9.93. The van der Waals surface area contributed by atoms with E-state index in [4.69, 9.17) is 14.2 Å². The zero-order valence-electron chi connectivity index (χ0n) is 27.5. The Morgan fingerprint density at radius 2 is 1.40 bits per heavy atom. The lowest BCUT2D eigenvalue weighted by Gasteiger charge is -2.38. The molecule has 0 bridgehead atoms. The van der Waals surface area contributed by atoms with E-state index in [0.717, 1.165) is 90.9 Å². The van der Waals surface area contributed by atoms with Gasteiger partial charge in [0, 0.05) is 27.6 Å². The van der Waals surface area contributed by atoms with Crippen molar-refractivity contribution in [3.63, 3.8) is 0 Å². The molecule has 0 fully saturated rings. The standard InChI is InChI=1S/C44H38O4/c1-4-5-27-47-34-22-18-32(19-23-34)44(31-16-20-33(46-3)21-17-31)26-25-38-41-40(35-13-9-10-14-36(35)42(38)48-44)37-24-15-30(28-39(37)43(41,2)45)29-11-7-6-8-12-29/h6-26,28,45H,4-5,27H2,1-3H3. The molecular formula is C44H38O4. The number of hydrogen-bond donors (Lipinski definition) is 1. The molecule has 2 atom stereocenters. The van der Waals surface area contributed by atoms with Crippen LogP contribution in [0.15, 0.2) is 127 Å². The summed E-state index contributed by atoms with van der Waals surface area (Å²) < 4.78 is 18.9. The van der Waals surface area contributed by atoms with Crippen LogP contribution in [0.3, 0.4) is 0 Å². The summed E-state index contributed by atoms with van der Waals surface area (Å²) in [5, 5.41) is 14.6. The van der Waals surface area contributed by atoms with E-state index in [1.165, 1.54) is 0 Å². The Morgan fingerprint density at radius 1 is 0.729 bits per heavy atom. The van der Waals surface area contributed by atoms with Crippen LogP contribution in [-0.4, -0.2) is 18.8 Å². The molecule has 1 aliphatic heterocycles. The topological polar surface area (TPSA) is 47.9 Å². The van der Waals surface area contributed by atoms with Gasteiger partial charge in [-0.3, -0.25) is 0 Å². The Labute approximate surface area is 281 Å². The Bertz CT molecular complexity index is 2160. The van der Waals surface area contributed by atoms with Crippen molar-refractivity contribution in [2.24, 2.45) is 0 Å². The highest BCUT2D eigenvalue weighted by molar-refractivity contribution is 6.08. The first-order chi connectivity index (χ1) is 23.4. The van der Waals surface area contributed by atoms with Gasteiger partial charge in [-0.25, -0.2) is 0 Å². The van der Waals surface area contributed by atoms with E-state index < -0.39 is 11.2 Å². The Morgan fingerprint density at radius 3 is 2.08 bits per heavy atom. The van der Waals surface area contributed by atoms with Gasteiger partial charge in [-0.05, 0) is 83.0 Å². The van der Waals surface area contributed by atoms with Crippen LogP contribution in [0.25, 0.3) is 39.1 Å². The van der Waals surface area contributed by atoms with Crippen LogP contribution in [0.5, 0.6) is 17.2 Å². The molecule has 8 rings (SSSR count). The SMILES string of the molecule is CCCCOc1ccc(C2(c3ccc(OC)cc3)C=Cc3c4c(c5ccccc5c3O2)-c2ccc(-c3ccccc3)cc2C4(C)O)cc1. The molecule has 2 aliphatic rings. The van der Waals surface area contributed by atoms with Gasteiger partial charge in [0.05, 0.1) is 13.7 Å². The maximum Gasteiger partial charge on any atom is 0.178 e. The van der Waals surface area contributed by atoms with E-state index in [9.17, 15) is 5.11 Å². The van der Waals surface area contributed by atoms with E-state index in [1.54, 1.807) is 7.11 Å². The lowest BCUT2D eigenvalue weighted by Crippen LogP contribution is -2.35. The minimum Gasteiger partial charge on any atom is -0.497 e. The smallest absolute Gasteiger partial charge is 0.178 e. The van der Waals surface area contributed by atoms with Crippen molar-refractivity contribution >= 4 is 16.8 Å². The number of benzene rings is 6. The van der Waals surface area contributed by atoms with Crippen molar-refractivity contribution in [1.82, 2.24) is 0 Å². The number of ether oxygens (including phenoxy) is 3. The molecule has 0 spiro atoms. The first-order valence-corrected chi connectivity index (χ1v) is 16.7. The monoisotopic (exact) mass is 630 g/mol. The summed E-state index contributed by atoms with van der Waals surface area (Å²) in [5.74, 6) is 2.37. The maximum atomic E-state index is 12.5. The van der Waals surface area contributed by atoms with Crippen LogP contribution in [0.1, 0.15) is 54.5 Å². The highest BCUT2D eigenvalue weighted by atomic mass is 16.5. The van der Waals surface area contributed by atoms with E-state index in [1.807, 2.05) is 49.4 Å². The Balaban J connectivity index is 1.32. The van der Waals surface area contributed by atoms with Gasteiger partial charge in [0.2, 0.25) is 0 Å². The zero-order chi connectivity index (χ0) is 32.9. The van der Waals surface area contributed by atoms with Gasteiger partial charge in [-0.1, -0.05) is 110 Å². The lowest BCUT2D eigenvalue weighted by atomic mass is 9.80. The molecule has 1 N–H and O–H groups in total. The molecule has 4 heteroatoms. The number of methoxy groups -OCH3 is 1. The van der Waals surface area contributed by atoms with Crippen molar-refractivity contribution in [2.45, 2.75) is 37.9 Å². The molecule has 4 nitrogen and oxygen atoms in total. The number of fused-ring (bicyclic) bond motifs is 8. The fourth-order valence-corrected chi connectivity index (χ4v) is 7.44. The third kappa shape index (κ3) is 4.70. The number of hydrogen-bond acceptors (Lipinski definition) is 4. The largest absolute Gasteiger partial charge is 0.497 e. The molecule has 0 radical (unpaired) electrons. The molecule has 0 saturated carbocycles. The van der Waals surface area contributed by atoms with Crippen molar-refractivity contribution in [3.05, 3.63) is 155 Å². The molecule has 1 aliphatic carbocycles. The predicted octanol–water partition coefficient (Wildman–Crippen LogP) is 10.3. The second-order valence-electron chi connectivity index (χ2n) is 12.9. The molecule has 2 unspecified atom stereocenters. The summed E-state index contributed by atoms with van der Waals surface area (Å²) in [6, 6.07) is 41.5. The summed E-state index contributed by atoms with van der Waals surface area (Å²) >= 11 is 0. The number of rotatable bonds is 8. The van der Waals surface area contributed by atoms with Crippen molar-refractivity contribution in [1.29, 1.82) is 0 Å². The summed E-state index contributed by atoms with van der Waals surface area (Å²) in [6.07, 6.45) is 6.38. The summed E-state index contributed by atoms with van der Waals surface area (Å²) in [5.41, 5.74) is 6.74. The second kappa shape index (κ2) is 11.7. The molecule has 1 heterocycles. The van der Waals surface area contributed by atoms with Gasteiger partial charge in [0.25, 0.3) is 0 Å². The fourth-order valence-electron chi connectivity index (χ4n) is 7.44. The highest BCUT2D eigenvalue weighted by Crippen LogP contribution is 2.57. The number of aliphatic hydroxyl groups is 1. The van der Waals surface area contributed by atoms with E-state index in [0.29, 0.717) is 6.61 Å². The lowest BCUT2D eigenvalue weighted by molar-refractivity contribution is 0.105. The van der Waals surface area contributed by atoms with Crippen LogP contribution in [0, 0.1) is 0 Å². The first kappa shape index (κ1) is 30.0. The van der Waals surface area contributed by atoms with Gasteiger partial charge in [-0.15, -0.1) is 0 Å². The molecule has 6 aromatic rings. The van der Waals surface area contributed by atoms with Crippen LogP contribution < -0.4 is 14.2 Å². The quantitative estimate of drug-likeness (QED) is 0.170. The minimum absolute atomic E-state index is 0.690. The Hall–Kier alpha value is -5.32. The fraction of sp³-hybridized carbons (Fsp3) is 0.182. The van der Waals surface area contributed by atoms with Crippen LogP contribution in [0.2, 0.25) is 0 Å². The van der Waals surface area contributed by atoms with Crippen molar-refractivity contribution in [2.75, 3.05) is 13.7 Å². The summed E-state index contributed by atoms with van der Waals surface area (Å²) in [7, 11) is 1.68. The Kier molecular flexibility index (Phi) is 7.34. The van der Waals surface area contributed by atoms with Gasteiger partial charge < -0.3 is 19.3 Å². The molecule has 6 aromatic carbocycles. The molecule has 0 saturated heterocycles. The van der Waals surface area contributed by atoms with E-state index in [2.05, 4.69) is 97.9 Å². The first-order valence-electron chi connectivity index (χ1n) is 16.7. The third-order valence-electron chi connectivity index (χ3n) is 9.93. The van der Waals surface area contributed by atoms with Gasteiger partial charge in [-0.2, -0.15) is 0 Å². The van der Waals surface area contributed by atoms with Crippen LogP contribution in [0.4, 0.5) is 0 Å². The average Bonchev–Trinajstić information content (AvgIpc) is 3.38. The summed E-state index contributed by atoms with van der Waals surface area (Å²) in [6.45, 7) is 4.77.